The maximum atomic E-state index is 13.1. The van der Waals surface area contributed by atoms with E-state index < -0.39 is 18.2 Å². The standard InChI is InChI=1S/C50H95NO5/c1-4-7-10-13-16-19-22-24-27-30-33-36-39-42-48(53)47(45-52)51-49(54)44-46(41-38-35-32-29-26-21-18-15-12-9-6-3)56-50(55)43-40-37-34-31-28-25-23-20-17-14-11-8-5-2/h25,28,34,37,46-48,52-53H,4-24,26-27,29-33,35-36,38-45H2,1-3H3,(H,51,54)/b28-25-,37-34+. The summed E-state index contributed by atoms with van der Waals surface area (Å²) in [5.74, 6) is -0.544. The number of esters is 1. The van der Waals surface area contributed by atoms with Gasteiger partial charge in [0.15, 0.2) is 0 Å². The van der Waals surface area contributed by atoms with Crippen molar-refractivity contribution in [2.24, 2.45) is 0 Å². The molecular weight excluding hydrogens is 695 g/mol. The second-order valence-electron chi connectivity index (χ2n) is 16.9. The molecule has 0 saturated heterocycles. The first-order valence-corrected chi connectivity index (χ1v) is 24.6. The van der Waals surface area contributed by atoms with Crippen LogP contribution in [0.3, 0.4) is 0 Å². The van der Waals surface area contributed by atoms with E-state index in [1.54, 1.807) is 0 Å². The van der Waals surface area contributed by atoms with E-state index in [2.05, 4.69) is 44.3 Å². The van der Waals surface area contributed by atoms with Crippen molar-refractivity contribution in [3.63, 3.8) is 0 Å². The van der Waals surface area contributed by atoms with Crippen LogP contribution in [-0.4, -0.2) is 46.9 Å². The van der Waals surface area contributed by atoms with Crippen LogP contribution >= 0.6 is 0 Å². The highest BCUT2D eigenvalue weighted by atomic mass is 16.5. The first-order valence-electron chi connectivity index (χ1n) is 24.6. The van der Waals surface area contributed by atoms with E-state index in [1.807, 2.05) is 6.08 Å². The second-order valence-corrected chi connectivity index (χ2v) is 16.9. The first-order chi connectivity index (χ1) is 27.5. The zero-order valence-electron chi connectivity index (χ0n) is 37.5. The van der Waals surface area contributed by atoms with Crippen molar-refractivity contribution < 1.29 is 24.5 Å². The van der Waals surface area contributed by atoms with E-state index in [9.17, 15) is 19.8 Å². The number of hydrogen-bond donors (Lipinski definition) is 3. The van der Waals surface area contributed by atoms with Gasteiger partial charge in [-0.3, -0.25) is 9.59 Å². The molecule has 0 spiro atoms. The Bertz CT molecular complexity index is 889. The molecule has 0 bridgehead atoms. The number of carbonyl (C=O) groups is 2. The number of ether oxygens (including phenoxy) is 1. The van der Waals surface area contributed by atoms with Crippen LogP contribution in [0.15, 0.2) is 24.3 Å². The Morgan fingerprint density at radius 1 is 0.518 bits per heavy atom. The monoisotopic (exact) mass is 790 g/mol. The van der Waals surface area contributed by atoms with E-state index in [-0.39, 0.29) is 24.9 Å². The third-order valence-corrected chi connectivity index (χ3v) is 11.3. The number of aliphatic hydroxyl groups excluding tert-OH is 2. The maximum absolute atomic E-state index is 13.1. The summed E-state index contributed by atoms with van der Waals surface area (Å²) >= 11 is 0. The van der Waals surface area contributed by atoms with Gasteiger partial charge in [-0.2, -0.15) is 0 Å². The van der Waals surface area contributed by atoms with Gasteiger partial charge in [0.2, 0.25) is 5.91 Å². The van der Waals surface area contributed by atoms with Crippen LogP contribution < -0.4 is 5.32 Å². The molecule has 0 fully saturated rings. The molecule has 6 heteroatoms. The first kappa shape index (κ1) is 54.3. The normalized spacial score (nSPS) is 13.4. The molecule has 0 aromatic carbocycles. The van der Waals surface area contributed by atoms with Crippen LogP contribution in [0.5, 0.6) is 0 Å². The molecule has 1 amide bonds. The van der Waals surface area contributed by atoms with Gasteiger partial charge in [0.25, 0.3) is 0 Å². The van der Waals surface area contributed by atoms with Crippen LogP contribution in [0, 0.1) is 0 Å². The SMILES string of the molecule is CCCCCCCC/C=C\C/C=C/CCC(=O)OC(CCCCCCCCCCCCC)CC(=O)NC(CO)C(O)CCCCCCCCCCCCCCC. The van der Waals surface area contributed by atoms with Gasteiger partial charge in [-0.05, 0) is 44.9 Å². The van der Waals surface area contributed by atoms with Gasteiger partial charge in [0, 0.05) is 6.42 Å². The number of amides is 1. The van der Waals surface area contributed by atoms with Crippen molar-refractivity contribution in [3.05, 3.63) is 24.3 Å². The molecule has 0 aliphatic carbocycles. The minimum atomic E-state index is -0.790. The Labute approximate surface area is 348 Å². The summed E-state index contributed by atoms with van der Waals surface area (Å²) < 4.78 is 5.88. The minimum Gasteiger partial charge on any atom is -0.462 e. The number of unbranched alkanes of at least 4 members (excludes halogenated alkanes) is 28. The Kier molecular flexibility index (Phi) is 43.1. The van der Waals surface area contributed by atoms with E-state index in [0.717, 1.165) is 51.4 Å². The number of rotatable bonds is 44. The van der Waals surface area contributed by atoms with Gasteiger partial charge in [0.1, 0.15) is 6.10 Å². The van der Waals surface area contributed by atoms with Crippen LogP contribution in [0.4, 0.5) is 0 Å². The summed E-state index contributed by atoms with van der Waals surface area (Å²) in [6.45, 7) is 6.46. The molecule has 3 unspecified atom stereocenters. The van der Waals surface area contributed by atoms with Crippen LogP contribution in [0.1, 0.15) is 258 Å². The average molecular weight is 790 g/mol. The largest absolute Gasteiger partial charge is 0.462 e. The fraction of sp³-hybridized carbons (Fsp3) is 0.880. The lowest BCUT2D eigenvalue weighted by Crippen LogP contribution is -2.46. The Morgan fingerprint density at radius 2 is 0.911 bits per heavy atom. The number of carbonyl (C=O) groups excluding carboxylic acids is 2. The lowest BCUT2D eigenvalue weighted by atomic mass is 10.0. The summed E-state index contributed by atoms with van der Waals surface area (Å²) in [6, 6.07) is -0.705. The molecule has 6 nitrogen and oxygen atoms in total. The van der Waals surface area contributed by atoms with Gasteiger partial charge >= 0.3 is 5.97 Å². The highest BCUT2D eigenvalue weighted by molar-refractivity contribution is 5.77. The summed E-state index contributed by atoms with van der Waals surface area (Å²) in [7, 11) is 0. The molecule has 3 N–H and O–H groups in total. The molecule has 0 saturated carbocycles. The van der Waals surface area contributed by atoms with Gasteiger partial charge in [-0.15, -0.1) is 0 Å². The molecule has 330 valence electrons. The van der Waals surface area contributed by atoms with Gasteiger partial charge in [-0.25, -0.2) is 0 Å². The Hall–Kier alpha value is -1.66. The topological polar surface area (TPSA) is 95.9 Å². The molecule has 0 aromatic heterocycles. The maximum Gasteiger partial charge on any atom is 0.306 e. The zero-order valence-corrected chi connectivity index (χ0v) is 37.5. The third-order valence-electron chi connectivity index (χ3n) is 11.3. The van der Waals surface area contributed by atoms with Crippen molar-refractivity contribution in [1.82, 2.24) is 5.32 Å². The number of hydrogen-bond acceptors (Lipinski definition) is 5. The van der Waals surface area contributed by atoms with Crippen LogP contribution in [0.2, 0.25) is 0 Å². The van der Waals surface area contributed by atoms with E-state index in [4.69, 9.17) is 4.74 Å². The zero-order chi connectivity index (χ0) is 41.0. The molecule has 0 heterocycles. The summed E-state index contributed by atoms with van der Waals surface area (Å²) in [4.78, 5) is 26.0. The van der Waals surface area contributed by atoms with Crippen molar-refractivity contribution >= 4 is 11.9 Å². The fourth-order valence-corrected chi connectivity index (χ4v) is 7.54. The lowest BCUT2D eigenvalue weighted by Gasteiger charge is -2.24. The highest BCUT2D eigenvalue weighted by Crippen LogP contribution is 2.18. The van der Waals surface area contributed by atoms with Crippen LogP contribution in [0.25, 0.3) is 0 Å². The predicted octanol–water partition coefficient (Wildman–Crippen LogP) is 14.3. The Balaban J connectivity index is 4.59. The minimum absolute atomic E-state index is 0.0602. The summed E-state index contributed by atoms with van der Waals surface area (Å²) in [5.41, 5.74) is 0. The van der Waals surface area contributed by atoms with Gasteiger partial charge in [-0.1, -0.05) is 225 Å². The van der Waals surface area contributed by atoms with Crippen molar-refractivity contribution in [1.29, 1.82) is 0 Å². The van der Waals surface area contributed by atoms with E-state index >= 15 is 0 Å². The molecule has 0 rings (SSSR count). The fourth-order valence-electron chi connectivity index (χ4n) is 7.54. The number of nitrogens with one attached hydrogen (secondary N) is 1. The molecule has 0 aliphatic heterocycles. The molecular formula is C50H95NO5. The summed E-state index contributed by atoms with van der Waals surface area (Å²) in [6.07, 6.45) is 49.6. The smallest absolute Gasteiger partial charge is 0.306 e. The van der Waals surface area contributed by atoms with Crippen molar-refractivity contribution in [3.8, 4) is 0 Å². The molecule has 0 aromatic rings. The molecule has 56 heavy (non-hydrogen) atoms. The Morgan fingerprint density at radius 3 is 1.36 bits per heavy atom. The van der Waals surface area contributed by atoms with E-state index in [1.165, 1.54) is 154 Å². The molecule has 0 aliphatic rings. The summed E-state index contributed by atoms with van der Waals surface area (Å²) in [5, 5.41) is 23.7. The lowest BCUT2D eigenvalue weighted by molar-refractivity contribution is -0.150. The second kappa shape index (κ2) is 44.4. The number of aliphatic hydroxyl groups is 2. The quantitative estimate of drug-likeness (QED) is 0.0324. The third kappa shape index (κ3) is 39.2. The number of allylic oxidation sites excluding steroid dienone is 4. The average Bonchev–Trinajstić information content (AvgIpc) is 3.19. The van der Waals surface area contributed by atoms with Gasteiger partial charge in [0.05, 0.1) is 25.2 Å². The molecule has 3 atom stereocenters. The van der Waals surface area contributed by atoms with Crippen molar-refractivity contribution in [2.75, 3.05) is 6.61 Å². The van der Waals surface area contributed by atoms with Crippen molar-refractivity contribution in [2.45, 2.75) is 277 Å². The van der Waals surface area contributed by atoms with Crippen LogP contribution in [-0.2, 0) is 14.3 Å². The highest BCUT2D eigenvalue weighted by Gasteiger charge is 2.24. The predicted molar refractivity (Wildman–Crippen MR) is 241 cm³/mol. The molecule has 0 radical (unpaired) electrons. The van der Waals surface area contributed by atoms with E-state index in [0.29, 0.717) is 25.7 Å². The van der Waals surface area contributed by atoms with Gasteiger partial charge < -0.3 is 20.3 Å².